The minimum Gasteiger partial charge on any atom is -0.481 e. The van der Waals surface area contributed by atoms with Crippen molar-refractivity contribution in [2.24, 2.45) is 5.92 Å². The fourth-order valence-electron chi connectivity index (χ4n) is 4.70. The molecule has 1 fully saturated rings. The fraction of sp³-hybridized carbons (Fsp3) is 0.348. The molecule has 1 aliphatic carbocycles. The summed E-state index contributed by atoms with van der Waals surface area (Å²) < 4.78 is 13.3. The molecule has 1 saturated carbocycles. The van der Waals surface area contributed by atoms with Crippen LogP contribution in [-0.2, 0) is 9.59 Å². The van der Waals surface area contributed by atoms with Gasteiger partial charge in [-0.1, -0.05) is 24.6 Å². The number of hydrogen-bond acceptors (Lipinski definition) is 3. The zero-order valence-electron chi connectivity index (χ0n) is 16.4. The van der Waals surface area contributed by atoms with Crippen LogP contribution >= 0.6 is 0 Å². The van der Waals surface area contributed by atoms with Gasteiger partial charge in [0.1, 0.15) is 5.82 Å². The SMILES string of the molecule is O=C(O)CCC(=O)NC1c2ccccc2N(C(=O)c2ccc(F)cc2)C2CCCC12. The molecule has 1 heterocycles. The lowest BCUT2D eigenvalue weighted by molar-refractivity contribution is -0.139. The number of halogens is 1. The molecule has 1 aliphatic heterocycles. The molecule has 2 aromatic carbocycles. The molecule has 6 nitrogen and oxygen atoms in total. The highest BCUT2D eigenvalue weighted by Crippen LogP contribution is 2.48. The molecule has 0 bridgehead atoms. The topological polar surface area (TPSA) is 86.7 Å². The monoisotopic (exact) mass is 410 g/mol. The summed E-state index contributed by atoms with van der Waals surface area (Å²) >= 11 is 0. The van der Waals surface area contributed by atoms with Gasteiger partial charge in [-0.3, -0.25) is 14.4 Å². The molecule has 4 rings (SSSR count). The van der Waals surface area contributed by atoms with E-state index in [1.807, 2.05) is 24.3 Å². The van der Waals surface area contributed by atoms with E-state index in [1.165, 1.54) is 24.3 Å². The largest absolute Gasteiger partial charge is 0.481 e. The van der Waals surface area contributed by atoms with E-state index in [9.17, 15) is 18.8 Å². The van der Waals surface area contributed by atoms with Gasteiger partial charge in [-0.15, -0.1) is 0 Å². The van der Waals surface area contributed by atoms with Crippen molar-refractivity contribution in [3.05, 3.63) is 65.5 Å². The lowest BCUT2D eigenvalue weighted by Crippen LogP contribution is -2.51. The first kappa shape index (κ1) is 20.1. The second kappa shape index (κ2) is 8.26. The number of carbonyl (C=O) groups is 3. The molecule has 2 N–H and O–H groups in total. The van der Waals surface area contributed by atoms with Crippen molar-refractivity contribution < 1.29 is 23.9 Å². The lowest BCUT2D eigenvalue weighted by atomic mass is 9.82. The number of nitrogens with one attached hydrogen (secondary N) is 1. The maximum atomic E-state index is 13.4. The van der Waals surface area contributed by atoms with Gasteiger partial charge in [-0.2, -0.15) is 0 Å². The van der Waals surface area contributed by atoms with Gasteiger partial charge in [-0.25, -0.2) is 4.39 Å². The molecular formula is C23H23FN2O4. The van der Waals surface area contributed by atoms with Crippen LogP contribution in [0.1, 0.15) is 54.1 Å². The molecule has 7 heteroatoms. The maximum absolute atomic E-state index is 13.4. The highest BCUT2D eigenvalue weighted by Gasteiger charge is 2.46. The third kappa shape index (κ3) is 3.79. The highest BCUT2D eigenvalue weighted by molar-refractivity contribution is 6.07. The molecule has 0 saturated heterocycles. The predicted molar refractivity (Wildman–Crippen MR) is 109 cm³/mol. The number of carboxylic acid groups (broad SMARTS) is 1. The normalized spacial score (nSPS) is 22.2. The summed E-state index contributed by atoms with van der Waals surface area (Å²) in [7, 11) is 0. The molecule has 0 radical (unpaired) electrons. The lowest BCUT2D eigenvalue weighted by Gasteiger charge is -2.44. The standard InChI is InChI=1S/C23H23FN2O4/c24-15-10-8-14(9-11-15)23(30)26-18-6-2-1-4-16(18)22(17-5-3-7-19(17)26)25-20(27)12-13-21(28)29/h1-2,4,6,8-11,17,19,22H,3,5,7,12-13H2,(H,25,27)(H,28,29). The number of anilines is 1. The van der Waals surface area contributed by atoms with E-state index in [0.29, 0.717) is 5.56 Å². The van der Waals surface area contributed by atoms with Crippen molar-refractivity contribution in [2.75, 3.05) is 4.90 Å². The summed E-state index contributed by atoms with van der Waals surface area (Å²) in [6.45, 7) is 0. The minimum atomic E-state index is -1.01. The first-order chi connectivity index (χ1) is 14.5. The second-order valence-corrected chi connectivity index (χ2v) is 7.84. The molecule has 2 aromatic rings. The van der Waals surface area contributed by atoms with E-state index >= 15 is 0 Å². The summed E-state index contributed by atoms with van der Waals surface area (Å²) in [5.41, 5.74) is 2.00. The van der Waals surface area contributed by atoms with Crippen LogP contribution in [0.15, 0.2) is 48.5 Å². The molecule has 0 spiro atoms. The van der Waals surface area contributed by atoms with Gasteiger partial charge in [0.05, 0.1) is 12.5 Å². The van der Waals surface area contributed by atoms with Crippen LogP contribution in [0.25, 0.3) is 0 Å². The van der Waals surface area contributed by atoms with Crippen molar-refractivity contribution in [2.45, 2.75) is 44.2 Å². The zero-order chi connectivity index (χ0) is 21.3. The molecule has 2 amide bonds. The smallest absolute Gasteiger partial charge is 0.303 e. The third-order valence-corrected chi connectivity index (χ3v) is 6.02. The number of para-hydroxylation sites is 1. The Morgan fingerprint density at radius 1 is 1.03 bits per heavy atom. The van der Waals surface area contributed by atoms with E-state index in [1.54, 1.807) is 4.90 Å². The van der Waals surface area contributed by atoms with E-state index in [-0.39, 0.29) is 42.7 Å². The number of carboxylic acids is 1. The van der Waals surface area contributed by atoms with Crippen LogP contribution in [0.4, 0.5) is 10.1 Å². The van der Waals surface area contributed by atoms with Crippen molar-refractivity contribution in [1.29, 1.82) is 0 Å². The van der Waals surface area contributed by atoms with Gasteiger partial charge in [0.15, 0.2) is 0 Å². The number of amides is 2. The Kier molecular flexibility index (Phi) is 5.53. The molecule has 30 heavy (non-hydrogen) atoms. The Bertz CT molecular complexity index is 975. The Morgan fingerprint density at radius 2 is 1.77 bits per heavy atom. The third-order valence-electron chi connectivity index (χ3n) is 6.02. The Morgan fingerprint density at radius 3 is 2.50 bits per heavy atom. The number of fused-ring (bicyclic) bond motifs is 2. The number of benzene rings is 2. The minimum absolute atomic E-state index is 0.0399. The summed E-state index contributed by atoms with van der Waals surface area (Å²) in [4.78, 5) is 38.4. The number of hydrogen-bond donors (Lipinski definition) is 2. The van der Waals surface area contributed by atoms with Crippen LogP contribution in [0, 0.1) is 11.7 Å². The molecule has 3 unspecified atom stereocenters. The molecular weight excluding hydrogens is 387 g/mol. The average molecular weight is 410 g/mol. The van der Waals surface area contributed by atoms with Crippen LogP contribution in [0.3, 0.4) is 0 Å². The van der Waals surface area contributed by atoms with E-state index in [0.717, 1.165) is 30.5 Å². The van der Waals surface area contributed by atoms with Gasteiger partial charge in [0.25, 0.3) is 5.91 Å². The summed E-state index contributed by atoms with van der Waals surface area (Å²) in [6, 6.07) is 12.7. The van der Waals surface area contributed by atoms with Crippen LogP contribution in [0.5, 0.6) is 0 Å². The van der Waals surface area contributed by atoms with Gasteiger partial charge in [0, 0.05) is 29.6 Å². The van der Waals surface area contributed by atoms with Crippen molar-refractivity contribution in [1.82, 2.24) is 5.32 Å². The summed E-state index contributed by atoms with van der Waals surface area (Å²) in [5.74, 6) is -1.85. The van der Waals surface area contributed by atoms with E-state index in [4.69, 9.17) is 5.11 Å². The summed E-state index contributed by atoms with van der Waals surface area (Å²) in [6.07, 6.45) is 2.30. The van der Waals surface area contributed by atoms with Crippen molar-refractivity contribution >= 4 is 23.5 Å². The average Bonchev–Trinajstić information content (AvgIpc) is 3.22. The highest BCUT2D eigenvalue weighted by atomic mass is 19.1. The zero-order valence-corrected chi connectivity index (χ0v) is 16.4. The van der Waals surface area contributed by atoms with E-state index < -0.39 is 11.8 Å². The first-order valence-corrected chi connectivity index (χ1v) is 10.1. The molecule has 2 aliphatic rings. The fourth-order valence-corrected chi connectivity index (χ4v) is 4.70. The number of aliphatic carboxylic acids is 1. The first-order valence-electron chi connectivity index (χ1n) is 10.1. The van der Waals surface area contributed by atoms with Crippen molar-refractivity contribution in [3.8, 4) is 0 Å². The predicted octanol–water partition coefficient (Wildman–Crippen LogP) is 3.68. The van der Waals surface area contributed by atoms with Gasteiger partial charge >= 0.3 is 5.97 Å². The van der Waals surface area contributed by atoms with Crippen LogP contribution < -0.4 is 10.2 Å². The number of carbonyl (C=O) groups excluding carboxylic acids is 2. The van der Waals surface area contributed by atoms with E-state index in [2.05, 4.69) is 5.32 Å². The molecule has 0 aromatic heterocycles. The van der Waals surface area contributed by atoms with Crippen LogP contribution in [-0.4, -0.2) is 28.9 Å². The number of rotatable bonds is 5. The Balaban J connectivity index is 1.68. The van der Waals surface area contributed by atoms with Gasteiger partial charge in [-0.05, 0) is 48.7 Å². The van der Waals surface area contributed by atoms with Crippen molar-refractivity contribution in [3.63, 3.8) is 0 Å². The maximum Gasteiger partial charge on any atom is 0.303 e. The summed E-state index contributed by atoms with van der Waals surface area (Å²) in [5, 5.41) is 11.9. The Hall–Kier alpha value is -3.22. The second-order valence-electron chi connectivity index (χ2n) is 7.84. The number of nitrogens with zero attached hydrogens (tertiary/aromatic N) is 1. The van der Waals surface area contributed by atoms with Crippen LogP contribution in [0.2, 0.25) is 0 Å². The van der Waals surface area contributed by atoms with Gasteiger partial charge < -0.3 is 15.3 Å². The molecule has 156 valence electrons. The Labute approximate surface area is 173 Å². The van der Waals surface area contributed by atoms with Gasteiger partial charge in [0.2, 0.25) is 5.91 Å². The molecule has 3 atom stereocenters. The quantitative estimate of drug-likeness (QED) is 0.787.